The number of methoxy groups -OCH3 is 1. The standard InChI is InChI=1S/C32H44FN3O6/c1-3-41-32(39)28-17-22-16-23(10-13-27(22)42-28)35-30(37)29-25(19-8-11-24(40-2)12-9-19)14-15-36(29)31(38)21-6-4-20(5-7-21)26(34)18-33/h10,13,16-17,19-21,24-26,29H,3-9,11-12,14-15,18,34H2,1-2H3,(H,35,37)/t19?,20-,21-,24?,25-,26+,29-/m0/s1. The molecule has 0 radical (unpaired) electrons. The number of halogens is 1. The lowest BCUT2D eigenvalue weighted by Crippen LogP contribution is -2.50. The molecule has 2 aromatic rings. The third kappa shape index (κ3) is 6.49. The van der Waals surface area contributed by atoms with E-state index in [9.17, 15) is 18.8 Å². The summed E-state index contributed by atoms with van der Waals surface area (Å²) in [5.41, 5.74) is 7.04. The number of rotatable bonds is 9. The Bertz CT molecular complexity index is 1250. The topological polar surface area (TPSA) is 124 Å². The molecule has 10 heteroatoms. The van der Waals surface area contributed by atoms with E-state index in [1.807, 2.05) is 4.90 Å². The van der Waals surface area contributed by atoms with E-state index >= 15 is 0 Å². The van der Waals surface area contributed by atoms with Gasteiger partial charge in [-0.15, -0.1) is 0 Å². The van der Waals surface area contributed by atoms with Gasteiger partial charge in [-0.25, -0.2) is 9.18 Å². The predicted octanol–water partition coefficient (Wildman–Crippen LogP) is 5.07. The minimum Gasteiger partial charge on any atom is -0.460 e. The van der Waals surface area contributed by atoms with E-state index in [2.05, 4.69) is 5.32 Å². The Kier molecular flexibility index (Phi) is 9.83. The molecular formula is C32H44FN3O6. The number of amides is 2. The second-order valence-corrected chi connectivity index (χ2v) is 12.2. The Labute approximate surface area is 246 Å². The SMILES string of the molecule is CCOC(=O)c1cc2cc(NC(=O)[C@@H]3[C@H](C4CCC(OC)CC4)CCN3C(=O)[C@H]3CC[C@H]([C@H](N)CF)CC3)ccc2o1. The molecule has 2 heterocycles. The fourth-order valence-corrected chi connectivity index (χ4v) is 7.44. The number of furan rings is 1. The van der Waals surface area contributed by atoms with Crippen molar-refractivity contribution in [3.63, 3.8) is 0 Å². The van der Waals surface area contributed by atoms with Crippen LogP contribution in [0.5, 0.6) is 0 Å². The number of carbonyl (C=O) groups excluding carboxylic acids is 3. The van der Waals surface area contributed by atoms with E-state index in [0.717, 1.165) is 44.9 Å². The van der Waals surface area contributed by atoms with Crippen LogP contribution in [0.1, 0.15) is 75.3 Å². The number of benzene rings is 1. The Balaban J connectivity index is 1.33. The smallest absolute Gasteiger partial charge is 0.374 e. The number of hydrogen-bond acceptors (Lipinski definition) is 7. The van der Waals surface area contributed by atoms with Gasteiger partial charge in [0.1, 0.15) is 18.3 Å². The minimum absolute atomic E-state index is 0.0277. The summed E-state index contributed by atoms with van der Waals surface area (Å²) in [4.78, 5) is 41.9. The highest BCUT2D eigenvalue weighted by Crippen LogP contribution is 2.42. The number of nitrogens with one attached hydrogen (secondary N) is 1. The number of alkyl halides is 1. The van der Waals surface area contributed by atoms with Crippen molar-refractivity contribution >= 4 is 34.4 Å². The van der Waals surface area contributed by atoms with E-state index in [1.165, 1.54) is 0 Å². The maximum Gasteiger partial charge on any atom is 0.374 e. The monoisotopic (exact) mass is 585 g/mol. The molecule has 1 aliphatic heterocycles. The van der Waals surface area contributed by atoms with E-state index in [0.29, 0.717) is 42.0 Å². The number of nitrogens with two attached hydrogens (primary N) is 1. The van der Waals surface area contributed by atoms with Gasteiger partial charge in [0.25, 0.3) is 0 Å². The Hall–Kier alpha value is -2.98. The molecule has 9 nitrogen and oxygen atoms in total. The summed E-state index contributed by atoms with van der Waals surface area (Å²) in [6, 6.07) is 5.80. The van der Waals surface area contributed by atoms with Crippen molar-refractivity contribution in [3.05, 3.63) is 30.0 Å². The first-order valence-electron chi connectivity index (χ1n) is 15.5. The van der Waals surface area contributed by atoms with Gasteiger partial charge < -0.3 is 29.8 Å². The van der Waals surface area contributed by atoms with Crippen molar-refractivity contribution in [2.24, 2.45) is 29.4 Å². The molecule has 0 unspecified atom stereocenters. The van der Waals surface area contributed by atoms with Crippen LogP contribution in [0, 0.1) is 23.7 Å². The van der Waals surface area contributed by atoms with Gasteiger partial charge in [0.15, 0.2) is 0 Å². The summed E-state index contributed by atoms with van der Waals surface area (Å²) in [5.74, 6) is -0.260. The Morgan fingerprint density at radius 3 is 2.48 bits per heavy atom. The van der Waals surface area contributed by atoms with Crippen molar-refractivity contribution in [2.75, 3.05) is 32.3 Å². The average molecular weight is 586 g/mol. The van der Waals surface area contributed by atoms with Crippen LogP contribution in [0.15, 0.2) is 28.7 Å². The average Bonchev–Trinajstić information content (AvgIpc) is 3.65. The second-order valence-electron chi connectivity index (χ2n) is 12.2. The highest BCUT2D eigenvalue weighted by atomic mass is 19.1. The lowest BCUT2D eigenvalue weighted by atomic mass is 9.75. The molecule has 1 aromatic heterocycles. The number of esters is 1. The third-order valence-corrected chi connectivity index (χ3v) is 9.82. The number of nitrogens with zero attached hydrogens (tertiary/aromatic N) is 1. The quantitative estimate of drug-likeness (QED) is 0.394. The molecule has 3 atom stereocenters. The van der Waals surface area contributed by atoms with Crippen LogP contribution >= 0.6 is 0 Å². The van der Waals surface area contributed by atoms with Crippen LogP contribution in [-0.2, 0) is 19.1 Å². The van der Waals surface area contributed by atoms with Crippen molar-refractivity contribution in [1.82, 2.24) is 4.90 Å². The first kappa shape index (κ1) is 30.5. The number of likely N-dealkylation sites (tertiary alicyclic amines) is 1. The fourth-order valence-electron chi connectivity index (χ4n) is 7.44. The van der Waals surface area contributed by atoms with Gasteiger partial charge in [-0.1, -0.05) is 0 Å². The van der Waals surface area contributed by atoms with Crippen LogP contribution in [-0.4, -0.2) is 67.8 Å². The summed E-state index contributed by atoms with van der Waals surface area (Å²) in [7, 11) is 1.75. The minimum atomic E-state index is -0.567. The molecule has 230 valence electrons. The highest BCUT2D eigenvalue weighted by molar-refractivity contribution is 6.00. The van der Waals surface area contributed by atoms with Crippen LogP contribution in [0.4, 0.5) is 10.1 Å². The van der Waals surface area contributed by atoms with Gasteiger partial charge in [0.2, 0.25) is 17.6 Å². The fraction of sp³-hybridized carbons (Fsp3) is 0.656. The van der Waals surface area contributed by atoms with Gasteiger partial charge in [-0.05, 0) is 107 Å². The zero-order chi connectivity index (χ0) is 29.8. The predicted molar refractivity (Wildman–Crippen MR) is 157 cm³/mol. The number of fused-ring (bicyclic) bond motifs is 1. The summed E-state index contributed by atoms with van der Waals surface area (Å²) in [6.45, 7) is 1.99. The van der Waals surface area contributed by atoms with Gasteiger partial charge in [0.05, 0.1) is 12.7 Å². The molecule has 0 spiro atoms. The lowest BCUT2D eigenvalue weighted by molar-refractivity contribution is -0.142. The number of hydrogen-bond donors (Lipinski definition) is 2. The van der Waals surface area contributed by atoms with Crippen molar-refractivity contribution in [3.8, 4) is 0 Å². The maximum absolute atomic E-state index is 14.0. The van der Waals surface area contributed by atoms with Crippen molar-refractivity contribution in [1.29, 1.82) is 0 Å². The molecule has 3 aliphatic rings. The first-order chi connectivity index (χ1) is 20.3. The van der Waals surface area contributed by atoms with Crippen molar-refractivity contribution < 1.29 is 32.7 Å². The van der Waals surface area contributed by atoms with E-state index < -0.39 is 24.7 Å². The first-order valence-corrected chi connectivity index (χ1v) is 15.5. The zero-order valence-corrected chi connectivity index (χ0v) is 24.7. The number of carbonyl (C=O) groups is 3. The highest BCUT2D eigenvalue weighted by Gasteiger charge is 2.47. The Morgan fingerprint density at radius 2 is 1.81 bits per heavy atom. The van der Waals surface area contributed by atoms with Crippen LogP contribution in [0.2, 0.25) is 0 Å². The number of anilines is 1. The molecule has 1 aromatic carbocycles. The molecule has 5 rings (SSSR count). The summed E-state index contributed by atoms with van der Waals surface area (Å²) < 4.78 is 29.4. The largest absolute Gasteiger partial charge is 0.460 e. The van der Waals surface area contributed by atoms with Crippen LogP contribution in [0.25, 0.3) is 11.0 Å². The molecule has 2 aliphatic carbocycles. The van der Waals surface area contributed by atoms with E-state index in [4.69, 9.17) is 19.6 Å². The summed E-state index contributed by atoms with van der Waals surface area (Å²) in [5, 5.41) is 3.75. The molecule has 3 N–H and O–H groups in total. The van der Waals surface area contributed by atoms with E-state index in [1.54, 1.807) is 38.3 Å². The van der Waals surface area contributed by atoms with Gasteiger partial charge in [-0.3, -0.25) is 9.59 Å². The zero-order valence-electron chi connectivity index (χ0n) is 24.7. The molecule has 42 heavy (non-hydrogen) atoms. The normalized spacial score (nSPS) is 28.9. The lowest BCUT2D eigenvalue weighted by Gasteiger charge is -2.37. The summed E-state index contributed by atoms with van der Waals surface area (Å²) >= 11 is 0. The summed E-state index contributed by atoms with van der Waals surface area (Å²) in [6.07, 6.45) is 7.70. The van der Waals surface area contributed by atoms with Gasteiger partial charge >= 0.3 is 5.97 Å². The Morgan fingerprint density at radius 1 is 1.07 bits per heavy atom. The van der Waals surface area contributed by atoms with Crippen molar-refractivity contribution in [2.45, 2.75) is 82.9 Å². The van der Waals surface area contributed by atoms with Crippen LogP contribution < -0.4 is 11.1 Å². The number of ether oxygens (including phenoxy) is 2. The second kappa shape index (κ2) is 13.5. The van der Waals surface area contributed by atoms with Gasteiger partial charge in [-0.2, -0.15) is 0 Å². The molecule has 2 saturated carbocycles. The molecular weight excluding hydrogens is 541 g/mol. The van der Waals surface area contributed by atoms with Crippen LogP contribution in [0.3, 0.4) is 0 Å². The maximum atomic E-state index is 14.0. The molecule has 0 bridgehead atoms. The molecule has 2 amide bonds. The third-order valence-electron chi connectivity index (χ3n) is 9.82. The van der Waals surface area contributed by atoms with E-state index in [-0.39, 0.29) is 48.0 Å². The molecule has 3 fully saturated rings. The molecule has 1 saturated heterocycles. The van der Waals surface area contributed by atoms with Gasteiger partial charge in [0, 0.05) is 36.7 Å².